The number of anilines is 1. The van der Waals surface area contributed by atoms with E-state index in [-0.39, 0.29) is 16.3 Å². The van der Waals surface area contributed by atoms with Crippen LogP contribution >= 0.6 is 0 Å². The monoisotopic (exact) mass is 447 g/mol. The van der Waals surface area contributed by atoms with Gasteiger partial charge in [0, 0.05) is 45.3 Å². The SMILES string of the molecule is CCN1CCN(Cc2ccc(CNc3ccc(S(=O)(=O)NC)cc3[N+](=O)[O-])cc2)CC1. The molecule has 0 radical (unpaired) electrons. The van der Waals surface area contributed by atoms with E-state index in [0.29, 0.717) is 6.54 Å². The Kier molecular flexibility index (Phi) is 7.60. The molecule has 1 heterocycles. The lowest BCUT2D eigenvalue weighted by molar-refractivity contribution is -0.384. The van der Waals surface area contributed by atoms with Gasteiger partial charge in [-0.25, -0.2) is 13.1 Å². The van der Waals surface area contributed by atoms with Crippen LogP contribution in [0.25, 0.3) is 0 Å². The molecule has 2 aromatic rings. The smallest absolute Gasteiger partial charge is 0.293 e. The summed E-state index contributed by atoms with van der Waals surface area (Å²) in [6.45, 7) is 8.95. The number of benzene rings is 2. The van der Waals surface area contributed by atoms with Gasteiger partial charge in [0.15, 0.2) is 0 Å². The van der Waals surface area contributed by atoms with Crippen molar-refractivity contribution in [3.63, 3.8) is 0 Å². The van der Waals surface area contributed by atoms with Crippen LogP contribution in [-0.4, -0.2) is 62.9 Å². The van der Waals surface area contributed by atoms with E-state index in [4.69, 9.17) is 0 Å². The van der Waals surface area contributed by atoms with Crippen LogP contribution in [0.2, 0.25) is 0 Å². The Balaban J connectivity index is 1.62. The molecule has 1 aliphatic rings. The highest BCUT2D eigenvalue weighted by Gasteiger charge is 2.20. The number of hydrogen-bond acceptors (Lipinski definition) is 7. The van der Waals surface area contributed by atoms with E-state index < -0.39 is 14.9 Å². The van der Waals surface area contributed by atoms with E-state index in [1.54, 1.807) is 0 Å². The van der Waals surface area contributed by atoms with Crippen LogP contribution in [0.3, 0.4) is 0 Å². The molecule has 1 fully saturated rings. The number of hydrogen-bond donors (Lipinski definition) is 2. The van der Waals surface area contributed by atoms with Crippen molar-refractivity contribution in [1.29, 1.82) is 0 Å². The zero-order chi connectivity index (χ0) is 22.4. The highest BCUT2D eigenvalue weighted by molar-refractivity contribution is 7.89. The Morgan fingerprint density at radius 2 is 1.61 bits per heavy atom. The second-order valence-corrected chi connectivity index (χ2v) is 9.41. The molecular formula is C21H29N5O4S. The highest BCUT2D eigenvalue weighted by atomic mass is 32.2. The fourth-order valence-electron chi connectivity index (χ4n) is 3.58. The van der Waals surface area contributed by atoms with Crippen molar-refractivity contribution in [2.24, 2.45) is 0 Å². The number of nitro benzene ring substituents is 1. The highest BCUT2D eigenvalue weighted by Crippen LogP contribution is 2.28. The van der Waals surface area contributed by atoms with Gasteiger partial charge in [0.2, 0.25) is 10.0 Å². The molecular weight excluding hydrogens is 418 g/mol. The Labute approximate surface area is 183 Å². The minimum atomic E-state index is -3.75. The molecule has 0 spiro atoms. The molecule has 0 saturated carbocycles. The second kappa shape index (κ2) is 10.2. The fraction of sp³-hybridized carbons (Fsp3) is 0.429. The number of likely N-dealkylation sites (N-methyl/N-ethyl adjacent to an activating group) is 1. The van der Waals surface area contributed by atoms with Crippen molar-refractivity contribution in [2.75, 3.05) is 45.1 Å². The maximum atomic E-state index is 11.9. The summed E-state index contributed by atoms with van der Waals surface area (Å²) in [5, 5.41) is 14.5. The van der Waals surface area contributed by atoms with E-state index in [1.807, 2.05) is 12.1 Å². The van der Waals surface area contributed by atoms with Crippen LogP contribution in [0.15, 0.2) is 47.4 Å². The van der Waals surface area contributed by atoms with Crippen molar-refractivity contribution >= 4 is 21.4 Å². The molecule has 0 bridgehead atoms. The van der Waals surface area contributed by atoms with Gasteiger partial charge in [-0.05, 0) is 36.9 Å². The van der Waals surface area contributed by atoms with Gasteiger partial charge in [-0.3, -0.25) is 15.0 Å². The van der Waals surface area contributed by atoms with Crippen molar-refractivity contribution in [2.45, 2.75) is 24.9 Å². The van der Waals surface area contributed by atoms with E-state index in [9.17, 15) is 18.5 Å². The number of nitro groups is 1. The Bertz CT molecular complexity index is 1000. The van der Waals surface area contributed by atoms with Crippen LogP contribution < -0.4 is 10.0 Å². The predicted octanol–water partition coefficient (Wildman–Crippen LogP) is 2.25. The molecule has 0 aliphatic carbocycles. The van der Waals surface area contributed by atoms with Crippen molar-refractivity contribution in [1.82, 2.24) is 14.5 Å². The molecule has 2 N–H and O–H groups in total. The summed E-state index contributed by atoms with van der Waals surface area (Å²) in [5.74, 6) is 0. The van der Waals surface area contributed by atoms with Crippen LogP contribution in [0, 0.1) is 10.1 Å². The summed E-state index contributed by atoms with van der Waals surface area (Å²) < 4.78 is 26.0. The summed E-state index contributed by atoms with van der Waals surface area (Å²) in [6, 6.07) is 12.0. The van der Waals surface area contributed by atoms with Gasteiger partial charge in [0.1, 0.15) is 5.69 Å². The van der Waals surface area contributed by atoms with Crippen molar-refractivity contribution < 1.29 is 13.3 Å². The van der Waals surface area contributed by atoms with E-state index in [0.717, 1.165) is 50.9 Å². The van der Waals surface area contributed by atoms with Crippen molar-refractivity contribution in [3.05, 3.63) is 63.7 Å². The molecule has 3 rings (SSSR count). The van der Waals surface area contributed by atoms with E-state index >= 15 is 0 Å². The Hall–Kier alpha value is -2.53. The van der Waals surface area contributed by atoms with Gasteiger partial charge in [0.25, 0.3) is 5.69 Å². The average Bonchev–Trinajstić information content (AvgIpc) is 2.79. The second-order valence-electron chi connectivity index (χ2n) is 7.52. The standard InChI is InChI=1S/C21H29N5O4S/c1-3-24-10-12-25(13-11-24)16-18-6-4-17(5-7-18)15-23-20-9-8-19(31(29,30)22-2)14-21(20)26(27)28/h4-9,14,22-23H,3,10-13,15-16H2,1-2H3. The molecule has 0 atom stereocenters. The molecule has 0 unspecified atom stereocenters. The first-order valence-electron chi connectivity index (χ1n) is 10.3. The summed E-state index contributed by atoms with van der Waals surface area (Å²) in [7, 11) is -2.48. The van der Waals surface area contributed by atoms with Crippen LogP contribution in [0.4, 0.5) is 11.4 Å². The average molecular weight is 448 g/mol. The number of sulfonamides is 1. The minimum absolute atomic E-state index is 0.142. The van der Waals surface area contributed by atoms with E-state index in [2.05, 4.69) is 38.9 Å². The molecule has 1 saturated heterocycles. The normalized spacial score (nSPS) is 15.7. The third kappa shape index (κ3) is 6.01. The van der Waals surface area contributed by atoms with Crippen LogP contribution in [-0.2, 0) is 23.1 Å². The lowest BCUT2D eigenvalue weighted by Crippen LogP contribution is -2.45. The molecule has 10 heteroatoms. The molecule has 1 aliphatic heterocycles. The van der Waals surface area contributed by atoms with Gasteiger partial charge >= 0.3 is 0 Å². The Morgan fingerprint density at radius 1 is 1.00 bits per heavy atom. The van der Waals surface area contributed by atoms with Gasteiger partial charge in [0.05, 0.1) is 9.82 Å². The lowest BCUT2D eigenvalue weighted by Gasteiger charge is -2.34. The zero-order valence-electron chi connectivity index (χ0n) is 17.9. The predicted molar refractivity (Wildman–Crippen MR) is 121 cm³/mol. The number of nitrogens with one attached hydrogen (secondary N) is 2. The molecule has 0 amide bonds. The third-order valence-electron chi connectivity index (χ3n) is 5.57. The topological polar surface area (TPSA) is 108 Å². The quantitative estimate of drug-likeness (QED) is 0.448. The molecule has 2 aromatic carbocycles. The van der Waals surface area contributed by atoms with E-state index in [1.165, 1.54) is 24.7 Å². The van der Waals surface area contributed by atoms with Crippen molar-refractivity contribution in [3.8, 4) is 0 Å². The molecule has 9 nitrogen and oxygen atoms in total. The summed E-state index contributed by atoms with van der Waals surface area (Å²) >= 11 is 0. The third-order valence-corrected chi connectivity index (χ3v) is 6.98. The maximum absolute atomic E-state index is 11.9. The first-order chi connectivity index (χ1) is 14.8. The first kappa shape index (κ1) is 23.1. The number of piperazine rings is 1. The van der Waals surface area contributed by atoms with Crippen LogP contribution in [0.5, 0.6) is 0 Å². The van der Waals surface area contributed by atoms with Crippen LogP contribution in [0.1, 0.15) is 18.1 Å². The first-order valence-corrected chi connectivity index (χ1v) is 11.8. The van der Waals surface area contributed by atoms with Gasteiger partial charge in [-0.15, -0.1) is 0 Å². The summed E-state index contributed by atoms with van der Waals surface area (Å²) in [5.41, 5.74) is 2.22. The van der Waals surface area contributed by atoms with Gasteiger partial charge in [-0.1, -0.05) is 31.2 Å². The lowest BCUT2D eigenvalue weighted by atomic mass is 10.1. The van der Waals surface area contributed by atoms with Gasteiger partial charge in [-0.2, -0.15) is 0 Å². The molecule has 31 heavy (non-hydrogen) atoms. The zero-order valence-corrected chi connectivity index (χ0v) is 18.7. The minimum Gasteiger partial charge on any atom is -0.375 e. The summed E-state index contributed by atoms with van der Waals surface area (Å²) in [6.07, 6.45) is 0. The molecule has 0 aromatic heterocycles. The summed E-state index contributed by atoms with van der Waals surface area (Å²) in [4.78, 5) is 15.6. The molecule has 168 valence electrons. The van der Waals surface area contributed by atoms with Gasteiger partial charge < -0.3 is 10.2 Å². The maximum Gasteiger partial charge on any atom is 0.293 e. The largest absolute Gasteiger partial charge is 0.375 e. The Morgan fingerprint density at radius 3 is 2.19 bits per heavy atom. The number of rotatable bonds is 9. The number of nitrogens with zero attached hydrogens (tertiary/aromatic N) is 3. The fourth-order valence-corrected chi connectivity index (χ4v) is 4.33.